The van der Waals surface area contributed by atoms with Crippen molar-refractivity contribution in [3.63, 3.8) is 0 Å². The van der Waals surface area contributed by atoms with E-state index in [1.165, 1.54) is 70.3 Å². The molecule has 0 aliphatic heterocycles. The van der Waals surface area contributed by atoms with E-state index in [-0.39, 0.29) is 0 Å². The Morgan fingerprint density at radius 3 is 1.54 bits per heavy atom. The van der Waals surface area contributed by atoms with E-state index in [1.807, 2.05) is 0 Å². The topological polar surface area (TPSA) is 9.23 Å². The number of ether oxygens (including phenoxy) is 1. The van der Waals surface area contributed by atoms with E-state index in [9.17, 15) is 0 Å². The Kier molecular flexibility index (Phi) is 5.93. The van der Waals surface area contributed by atoms with Gasteiger partial charge in [0.1, 0.15) is 5.75 Å². The molecule has 2 unspecified atom stereocenters. The third kappa shape index (κ3) is 4.53. The van der Waals surface area contributed by atoms with Crippen molar-refractivity contribution in [1.82, 2.24) is 0 Å². The fraction of sp³-hybridized carbons (Fsp3) is 0.278. The van der Waals surface area contributed by atoms with Crippen LogP contribution in [0.5, 0.6) is 5.75 Å². The monoisotopic (exact) mass is 482 g/mol. The molecule has 5 aromatic rings. The minimum absolute atomic E-state index is 0.481. The summed E-state index contributed by atoms with van der Waals surface area (Å²) in [6.07, 6.45) is 6.76. The summed E-state index contributed by atoms with van der Waals surface area (Å²) in [5.74, 6) is 3.19. The van der Waals surface area contributed by atoms with Crippen LogP contribution in [0.2, 0.25) is 0 Å². The largest absolute Gasteiger partial charge is 0.493 e. The van der Waals surface area contributed by atoms with Crippen LogP contribution in [0.4, 0.5) is 0 Å². The van der Waals surface area contributed by atoms with Crippen LogP contribution in [0.1, 0.15) is 66.5 Å². The molecule has 0 aromatic heterocycles. The number of fused-ring (bicyclic) bond motifs is 2. The highest BCUT2D eigenvalue weighted by Gasteiger charge is 2.52. The zero-order valence-corrected chi connectivity index (χ0v) is 21.4. The van der Waals surface area contributed by atoms with Crippen LogP contribution in [0.15, 0.2) is 109 Å². The molecular formula is C36H34O. The van der Waals surface area contributed by atoms with Gasteiger partial charge in [-0.2, -0.15) is 0 Å². The summed E-state index contributed by atoms with van der Waals surface area (Å²) in [6, 6.07) is 40.5. The van der Waals surface area contributed by atoms with Crippen molar-refractivity contribution in [3.8, 4) is 5.75 Å². The molecule has 184 valence electrons. The molecule has 2 aliphatic carbocycles. The molecule has 37 heavy (non-hydrogen) atoms. The molecule has 0 saturated heterocycles. The first-order valence-electron chi connectivity index (χ1n) is 14.0. The van der Waals surface area contributed by atoms with Gasteiger partial charge >= 0.3 is 0 Å². The van der Waals surface area contributed by atoms with Gasteiger partial charge in [-0.1, -0.05) is 116 Å². The first kappa shape index (κ1) is 22.6. The Morgan fingerprint density at radius 1 is 0.486 bits per heavy atom. The predicted molar refractivity (Wildman–Crippen MR) is 155 cm³/mol. The Hall–Kier alpha value is -3.58. The molecule has 0 radical (unpaired) electrons. The van der Waals surface area contributed by atoms with Crippen molar-refractivity contribution >= 4 is 21.5 Å². The second kappa shape index (κ2) is 9.71. The van der Waals surface area contributed by atoms with Crippen molar-refractivity contribution in [3.05, 3.63) is 126 Å². The SMILES string of the molecule is c1ccc2cc(C3C(c4ccc(OCC5CCCCC5)cc4)C3c3ccc4ccccc4c3)ccc2c1. The molecule has 2 fully saturated rings. The van der Waals surface area contributed by atoms with Crippen LogP contribution in [-0.2, 0) is 0 Å². The van der Waals surface area contributed by atoms with Gasteiger partial charge in [0.05, 0.1) is 6.61 Å². The summed E-state index contributed by atoms with van der Waals surface area (Å²) < 4.78 is 6.22. The second-order valence-electron chi connectivity index (χ2n) is 11.2. The van der Waals surface area contributed by atoms with Crippen molar-refractivity contribution in [1.29, 1.82) is 0 Å². The summed E-state index contributed by atoms with van der Waals surface area (Å²) >= 11 is 0. The lowest BCUT2D eigenvalue weighted by atomic mass is 9.90. The normalized spacial score (nSPS) is 21.8. The molecule has 0 heterocycles. The first-order valence-corrected chi connectivity index (χ1v) is 14.0. The van der Waals surface area contributed by atoms with Gasteiger partial charge in [0.15, 0.2) is 0 Å². The van der Waals surface area contributed by atoms with Crippen LogP contribution < -0.4 is 4.74 Å². The van der Waals surface area contributed by atoms with Crippen LogP contribution in [0.25, 0.3) is 21.5 Å². The Morgan fingerprint density at radius 2 is 0.973 bits per heavy atom. The number of rotatable bonds is 6. The lowest BCUT2D eigenvalue weighted by molar-refractivity contribution is 0.209. The molecule has 1 nitrogen and oxygen atoms in total. The van der Waals surface area contributed by atoms with E-state index in [4.69, 9.17) is 4.74 Å². The lowest BCUT2D eigenvalue weighted by Gasteiger charge is -2.21. The molecular weight excluding hydrogens is 448 g/mol. The quantitative estimate of drug-likeness (QED) is 0.234. The van der Waals surface area contributed by atoms with Crippen LogP contribution in [-0.4, -0.2) is 6.61 Å². The average molecular weight is 483 g/mol. The maximum Gasteiger partial charge on any atom is 0.119 e. The van der Waals surface area contributed by atoms with Crippen molar-refractivity contribution in [2.45, 2.75) is 49.9 Å². The van der Waals surface area contributed by atoms with Gasteiger partial charge in [0, 0.05) is 0 Å². The molecule has 0 bridgehead atoms. The fourth-order valence-electron chi connectivity index (χ4n) is 6.74. The van der Waals surface area contributed by atoms with Crippen LogP contribution >= 0.6 is 0 Å². The third-order valence-corrected chi connectivity index (χ3v) is 8.81. The fourth-order valence-corrected chi connectivity index (χ4v) is 6.74. The molecule has 0 N–H and O–H groups in total. The van der Waals surface area contributed by atoms with Crippen LogP contribution in [0.3, 0.4) is 0 Å². The highest BCUT2D eigenvalue weighted by molar-refractivity contribution is 5.84. The number of hydrogen-bond donors (Lipinski definition) is 0. The summed E-state index contributed by atoms with van der Waals surface area (Å²) in [7, 11) is 0. The lowest BCUT2D eigenvalue weighted by Crippen LogP contribution is -2.15. The molecule has 1 heteroatoms. The predicted octanol–water partition coefficient (Wildman–Crippen LogP) is 9.62. The highest BCUT2D eigenvalue weighted by atomic mass is 16.5. The molecule has 2 saturated carbocycles. The van der Waals surface area contributed by atoms with E-state index in [0.29, 0.717) is 17.8 Å². The highest BCUT2D eigenvalue weighted by Crippen LogP contribution is 2.66. The zero-order valence-electron chi connectivity index (χ0n) is 21.4. The molecule has 0 spiro atoms. The summed E-state index contributed by atoms with van der Waals surface area (Å²) in [5.41, 5.74) is 4.31. The van der Waals surface area contributed by atoms with Crippen LogP contribution in [0, 0.1) is 5.92 Å². The van der Waals surface area contributed by atoms with Gasteiger partial charge in [0.2, 0.25) is 0 Å². The Bertz CT molecular complexity index is 1440. The van der Waals surface area contributed by atoms with Crippen molar-refractivity contribution < 1.29 is 4.74 Å². The Balaban J connectivity index is 1.19. The molecule has 0 amide bonds. The molecule has 5 aromatic carbocycles. The molecule has 2 aliphatic rings. The van der Waals surface area contributed by atoms with Gasteiger partial charge in [0.25, 0.3) is 0 Å². The number of hydrogen-bond acceptors (Lipinski definition) is 1. The summed E-state index contributed by atoms with van der Waals surface area (Å²) in [6.45, 7) is 0.863. The van der Waals surface area contributed by atoms with E-state index in [0.717, 1.165) is 18.3 Å². The maximum atomic E-state index is 6.22. The van der Waals surface area contributed by atoms with E-state index in [1.54, 1.807) is 0 Å². The van der Waals surface area contributed by atoms with Gasteiger partial charge < -0.3 is 4.74 Å². The van der Waals surface area contributed by atoms with Gasteiger partial charge in [-0.05, 0) is 86.9 Å². The molecule has 7 rings (SSSR count). The minimum Gasteiger partial charge on any atom is -0.493 e. The van der Waals surface area contributed by atoms with Crippen molar-refractivity contribution in [2.75, 3.05) is 6.61 Å². The standard InChI is InChI=1S/C36H34O/c1-2-8-25(9-3-1)24-37-33-20-18-28(19-21-33)34-35(31-16-14-26-10-4-6-12-29(26)22-31)36(34)32-17-15-27-11-5-7-13-30(27)23-32/h4-7,10-23,25,34-36H,1-3,8-9,24H2. The van der Waals surface area contributed by atoms with Gasteiger partial charge in [-0.3, -0.25) is 0 Å². The van der Waals surface area contributed by atoms with E-state index >= 15 is 0 Å². The maximum absolute atomic E-state index is 6.22. The summed E-state index contributed by atoms with van der Waals surface area (Å²) in [4.78, 5) is 0. The van der Waals surface area contributed by atoms with Gasteiger partial charge in [-0.15, -0.1) is 0 Å². The Labute approximate surface area is 220 Å². The van der Waals surface area contributed by atoms with E-state index in [2.05, 4.69) is 109 Å². The third-order valence-electron chi connectivity index (χ3n) is 8.81. The number of benzene rings is 5. The van der Waals surface area contributed by atoms with E-state index < -0.39 is 0 Å². The summed E-state index contributed by atoms with van der Waals surface area (Å²) in [5, 5.41) is 5.28. The zero-order chi connectivity index (χ0) is 24.6. The smallest absolute Gasteiger partial charge is 0.119 e. The van der Waals surface area contributed by atoms with Crippen molar-refractivity contribution in [2.24, 2.45) is 5.92 Å². The average Bonchev–Trinajstić information content (AvgIpc) is 3.72. The first-order chi connectivity index (χ1) is 18.3. The molecule has 2 atom stereocenters. The van der Waals surface area contributed by atoms with Gasteiger partial charge in [-0.25, -0.2) is 0 Å². The second-order valence-corrected chi connectivity index (χ2v) is 11.2. The minimum atomic E-state index is 0.481.